The molecule has 4 atom stereocenters. The van der Waals surface area contributed by atoms with Gasteiger partial charge in [0.05, 0.1) is 0 Å². The summed E-state index contributed by atoms with van der Waals surface area (Å²) in [5.74, 6) is 1.48. The van der Waals surface area contributed by atoms with Crippen LogP contribution in [0.3, 0.4) is 0 Å². The van der Waals surface area contributed by atoms with Crippen LogP contribution in [-0.4, -0.2) is 52.1 Å². The van der Waals surface area contributed by atoms with Gasteiger partial charge in [-0.25, -0.2) is 9.59 Å². The highest BCUT2D eigenvalue weighted by molar-refractivity contribution is 7.99. The molecule has 108 valence electrons. The number of carbonyl (C=O) groups is 2. The maximum atomic E-state index is 12.3. The predicted octanol–water partition coefficient (Wildman–Crippen LogP) is 1.63. The second-order valence-electron chi connectivity index (χ2n) is 5.59. The van der Waals surface area contributed by atoms with E-state index in [0.29, 0.717) is 24.1 Å². The average molecular weight is 286 g/mol. The summed E-state index contributed by atoms with van der Waals surface area (Å²) in [6, 6.07) is -0.710. The number of thioether (sulfide) groups is 1. The molecular weight excluding hydrogens is 264 g/mol. The van der Waals surface area contributed by atoms with Crippen molar-refractivity contribution < 1.29 is 14.7 Å². The Balaban J connectivity index is 1.96. The van der Waals surface area contributed by atoms with Crippen LogP contribution in [0.5, 0.6) is 0 Å². The molecule has 5 nitrogen and oxygen atoms in total. The third kappa shape index (κ3) is 3.16. The Hall–Kier alpha value is -0.910. The highest BCUT2D eigenvalue weighted by Crippen LogP contribution is 2.31. The first-order valence-corrected chi connectivity index (χ1v) is 8.04. The standard InChI is InChI=1S/C13H22N2O3S/c1-8-3-4-10(9(8)2)14-13(18)15-5-6-19-7-11(15)12(16)17/h8-11H,3-7H2,1-2H3,(H,14,18)(H,16,17). The second kappa shape index (κ2) is 6.03. The monoisotopic (exact) mass is 286 g/mol. The first kappa shape index (κ1) is 14.5. The van der Waals surface area contributed by atoms with Gasteiger partial charge in [0.2, 0.25) is 0 Å². The molecule has 0 bridgehead atoms. The van der Waals surface area contributed by atoms with Gasteiger partial charge < -0.3 is 15.3 Å². The van der Waals surface area contributed by atoms with E-state index in [2.05, 4.69) is 19.2 Å². The fraction of sp³-hybridized carbons (Fsp3) is 0.846. The van der Waals surface area contributed by atoms with Crippen molar-refractivity contribution in [2.24, 2.45) is 11.8 Å². The molecule has 2 amide bonds. The Morgan fingerprint density at radius 2 is 2.05 bits per heavy atom. The summed E-state index contributed by atoms with van der Waals surface area (Å²) in [5.41, 5.74) is 0. The van der Waals surface area contributed by atoms with E-state index in [9.17, 15) is 14.7 Å². The molecule has 0 aromatic heterocycles. The zero-order valence-electron chi connectivity index (χ0n) is 11.5. The van der Waals surface area contributed by atoms with Gasteiger partial charge in [0.25, 0.3) is 0 Å². The van der Waals surface area contributed by atoms with Crippen LogP contribution in [0.2, 0.25) is 0 Å². The number of rotatable bonds is 2. The Labute approximate surface area is 118 Å². The first-order chi connectivity index (χ1) is 9.00. The number of aliphatic carboxylic acids is 1. The van der Waals surface area contributed by atoms with Crippen LogP contribution in [0.15, 0.2) is 0 Å². The fourth-order valence-corrected chi connectivity index (χ4v) is 3.90. The molecule has 0 aromatic rings. The number of urea groups is 1. The number of carboxylic acid groups (broad SMARTS) is 1. The lowest BCUT2D eigenvalue weighted by Crippen LogP contribution is -2.55. The van der Waals surface area contributed by atoms with E-state index in [1.807, 2.05) is 0 Å². The predicted molar refractivity (Wildman–Crippen MR) is 75.3 cm³/mol. The third-order valence-corrected chi connectivity index (χ3v) is 5.47. The van der Waals surface area contributed by atoms with Crippen molar-refractivity contribution >= 4 is 23.8 Å². The van der Waals surface area contributed by atoms with Crippen molar-refractivity contribution in [2.75, 3.05) is 18.1 Å². The minimum Gasteiger partial charge on any atom is -0.480 e. The molecule has 2 aliphatic rings. The second-order valence-corrected chi connectivity index (χ2v) is 6.74. The normalized spacial score (nSPS) is 35.2. The van der Waals surface area contributed by atoms with Crippen LogP contribution in [0.25, 0.3) is 0 Å². The van der Waals surface area contributed by atoms with E-state index in [1.165, 1.54) is 4.90 Å². The number of hydrogen-bond donors (Lipinski definition) is 2. The molecule has 2 fully saturated rings. The molecule has 2 N–H and O–H groups in total. The van der Waals surface area contributed by atoms with E-state index < -0.39 is 12.0 Å². The van der Waals surface area contributed by atoms with Crippen LogP contribution in [-0.2, 0) is 4.79 Å². The van der Waals surface area contributed by atoms with Gasteiger partial charge in [0, 0.05) is 24.1 Å². The quantitative estimate of drug-likeness (QED) is 0.809. The first-order valence-electron chi connectivity index (χ1n) is 6.88. The topological polar surface area (TPSA) is 69.6 Å². The van der Waals surface area contributed by atoms with Gasteiger partial charge in [-0.05, 0) is 24.7 Å². The van der Waals surface area contributed by atoms with Crippen molar-refractivity contribution in [3.05, 3.63) is 0 Å². The summed E-state index contributed by atoms with van der Waals surface area (Å²) < 4.78 is 0. The Morgan fingerprint density at radius 3 is 2.63 bits per heavy atom. The van der Waals surface area contributed by atoms with E-state index in [-0.39, 0.29) is 12.1 Å². The molecule has 4 unspecified atom stereocenters. The van der Waals surface area contributed by atoms with Crippen LogP contribution in [0.4, 0.5) is 4.79 Å². The zero-order chi connectivity index (χ0) is 14.0. The molecule has 1 aliphatic carbocycles. The molecular formula is C13H22N2O3S. The summed E-state index contributed by atoms with van der Waals surface area (Å²) in [7, 11) is 0. The lowest BCUT2D eigenvalue weighted by molar-refractivity contribution is -0.141. The molecule has 1 heterocycles. The zero-order valence-corrected chi connectivity index (χ0v) is 12.3. The maximum Gasteiger partial charge on any atom is 0.327 e. The molecule has 19 heavy (non-hydrogen) atoms. The van der Waals surface area contributed by atoms with Gasteiger partial charge in [-0.3, -0.25) is 0 Å². The van der Waals surface area contributed by atoms with Gasteiger partial charge >= 0.3 is 12.0 Å². The lowest BCUT2D eigenvalue weighted by Gasteiger charge is -2.34. The van der Waals surface area contributed by atoms with Crippen molar-refractivity contribution in [2.45, 2.75) is 38.8 Å². The van der Waals surface area contributed by atoms with E-state index in [0.717, 1.165) is 18.6 Å². The fourth-order valence-electron chi connectivity index (χ4n) is 2.86. The number of nitrogens with one attached hydrogen (secondary N) is 1. The van der Waals surface area contributed by atoms with Crippen LogP contribution in [0.1, 0.15) is 26.7 Å². The molecule has 1 saturated heterocycles. The Kier molecular flexibility index (Phi) is 4.60. The Morgan fingerprint density at radius 1 is 1.32 bits per heavy atom. The summed E-state index contributed by atoms with van der Waals surface area (Å²) in [6.45, 7) is 4.88. The number of hydrogen-bond acceptors (Lipinski definition) is 3. The van der Waals surface area contributed by atoms with Gasteiger partial charge in [-0.1, -0.05) is 13.8 Å². The van der Waals surface area contributed by atoms with Crippen molar-refractivity contribution in [1.82, 2.24) is 10.2 Å². The summed E-state index contributed by atoms with van der Waals surface area (Å²) in [6.07, 6.45) is 2.12. The Bertz CT molecular complexity index is 364. The van der Waals surface area contributed by atoms with Gasteiger partial charge in [0.1, 0.15) is 6.04 Å². The van der Waals surface area contributed by atoms with Gasteiger partial charge in [-0.2, -0.15) is 11.8 Å². The summed E-state index contributed by atoms with van der Waals surface area (Å²) in [5, 5.41) is 12.2. The molecule has 0 aromatic carbocycles. The smallest absolute Gasteiger partial charge is 0.327 e. The third-order valence-electron chi connectivity index (χ3n) is 4.45. The molecule has 0 spiro atoms. The summed E-state index contributed by atoms with van der Waals surface area (Å²) >= 11 is 1.59. The molecule has 0 radical (unpaired) electrons. The van der Waals surface area contributed by atoms with Crippen LogP contribution >= 0.6 is 11.8 Å². The van der Waals surface area contributed by atoms with Crippen molar-refractivity contribution in [3.63, 3.8) is 0 Å². The van der Waals surface area contributed by atoms with Crippen LogP contribution in [0, 0.1) is 11.8 Å². The van der Waals surface area contributed by atoms with Gasteiger partial charge in [-0.15, -0.1) is 0 Å². The minimum absolute atomic E-state index is 0.187. The number of nitrogens with zero attached hydrogens (tertiary/aromatic N) is 1. The highest BCUT2D eigenvalue weighted by Gasteiger charge is 2.36. The van der Waals surface area contributed by atoms with Gasteiger partial charge in [0.15, 0.2) is 0 Å². The van der Waals surface area contributed by atoms with Crippen molar-refractivity contribution in [1.29, 1.82) is 0 Å². The van der Waals surface area contributed by atoms with E-state index in [4.69, 9.17) is 0 Å². The van der Waals surface area contributed by atoms with Crippen LogP contribution < -0.4 is 5.32 Å². The highest BCUT2D eigenvalue weighted by atomic mass is 32.2. The average Bonchev–Trinajstić information content (AvgIpc) is 2.70. The minimum atomic E-state index is -0.907. The molecule has 1 aliphatic heterocycles. The van der Waals surface area contributed by atoms with E-state index in [1.54, 1.807) is 11.8 Å². The molecule has 2 rings (SSSR count). The summed E-state index contributed by atoms with van der Waals surface area (Å²) in [4.78, 5) is 24.9. The SMILES string of the molecule is CC1CCC(NC(=O)N2CCSCC2C(=O)O)C1C. The van der Waals surface area contributed by atoms with Crippen molar-refractivity contribution in [3.8, 4) is 0 Å². The number of amides is 2. The number of carbonyl (C=O) groups excluding carboxylic acids is 1. The largest absolute Gasteiger partial charge is 0.480 e. The number of carboxylic acids is 1. The lowest BCUT2D eigenvalue weighted by atomic mass is 9.98. The maximum absolute atomic E-state index is 12.3. The molecule has 1 saturated carbocycles. The van der Waals surface area contributed by atoms with E-state index >= 15 is 0 Å². The molecule has 6 heteroatoms.